The van der Waals surface area contributed by atoms with E-state index >= 15 is 0 Å². The molecule has 0 aromatic heterocycles. The summed E-state index contributed by atoms with van der Waals surface area (Å²) in [5.41, 5.74) is 3.04. The van der Waals surface area contributed by atoms with Crippen molar-refractivity contribution in [2.24, 2.45) is 11.8 Å². The van der Waals surface area contributed by atoms with E-state index in [1.165, 1.54) is 5.56 Å². The lowest BCUT2D eigenvalue weighted by molar-refractivity contribution is 0.0264. The van der Waals surface area contributed by atoms with Crippen LogP contribution >= 0.6 is 0 Å². The molecular weight excluding hydrogens is 330 g/mol. The number of carbonyl (C=O) groups is 1. The van der Waals surface area contributed by atoms with Gasteiger partial charge < -0.3 is 20.1 Å². The normalized spacial score (nSPS) is 26.4. The fourth-order valence-electron chi connectivity index (χ4n) is 4.49. The summed E-state index contributed by atoms with van der Waals surface area (Å²) in [6, 6.07) is 6.03. The highest BCUT2D eigenvalue weighted by Crippen LogP contribution is 2.30. The number of para-hydroxylation sites is 1. The number of amides is 1. The van der Waals surface area contributed by atoms with Crippen LogP contribution in [0.25, 0.3) is 0 Å². The number of rotatable bonds is 4. The summed E-state index contributed by atoms with van der Waals surface area (Å²) in [5.74, 6) is 0.586. The van der Waals surface area contributed by atoms with Crippen LogP contribution in [0, 0.1) is 11.8 Å². The number of fused-ring (bicyclic) bond motifs is 1. The minimum atomic E-state index is 0.0965. The van der Waals surface area contributed by atoms with Gasteiger partial charge in [0.1, 0.15) is 0 Å². The van der Waals surface area contributed by atoms with Gasteiger partial charge in [-0.3, -0.25) is 9.69 Å². The van der Waals surface area contributed by atoms with Crippen LogP contribution in [0.4, 0.5) is 5.69 Å². The SMILES string of the molecule is O=C(c1cccc2c1NCCC2)N1CC(CO)C(CN2CCOCC2)C1. The molecule has 6 heteroatoms. The number of aliphatic hydroxyl groups excluding tert-OH is 1. The second kappa shape index (κ2) is 7.94. The Balaban J connectivity index is 1.47. The highest BCUT2D eigenvalue weighted by atomic mass is 16.5. The van der Waals surface area contributed by atoms with Crippen molar-refractivity contribution in [3.05, 3.63) is 29.3 Å². The monoisotopic (exact) mass is 359 g/mol. The third-order valence-electron chi connectivity index (χ3n) is 6.00. The number of anilines is 1. The van der Waals surface area contributed by atoms with Crippen molar-refractivity contribution < 1.29 is 14.6 Å². The lowest BCUT2D eigenvalue weighted by Crippen LogP contribution is -2.41. The first-order valence-electron chi connectivity index (χ1n) is 9.82. The summed E-state index contributed by atoms with van der Waals surface area (Å²) in [5, 5.41) is 13.3. The van der Waals surface area contributed by atoms with Gasteiger partial charge in [-0.25, -0.2) is 0 Å². The molecule has 2 N–H and O–H groups in total. The predicted octanol–water partition coefficient (Wildman–Crippen LogP) is 1.06. The Morgan fingerprint density at radius 3 is 2.85 bits per heavy atom. The summed E-state index contributed by atoms with van der Waals surface area (Å²) in [6.07, 6.45) is 2.14. The van der Waals surface area contributed by atoms with Crippen molar-refractivity contribution in [3.63, 3.8) is 0 Å². The number of aryl methyl sites for hydroxylation is 1. The van der Waals surface area contributed by atoms with Crippen LogP contribution < -0.4 is 5.32 Å². The Morgan fingerprint density at radius 1 is 1.23 bits per heavy atom. The first-order valence-corrected chi connectivity index (χ1v) is 9.82. The Bertz CT molecular complexity index is 645. The van der Waals surface area contributed by atoms with E-state index in [-0.39, 0.29) is 18.4 Å². The molecule has 3 heterocycles. The second-order valence-corrected chi connectivity index (χ2v) is 7.70. The number of nitrogens with one attached hydrogen (secondary N) is 1. The third kappa shape index (κ3) is 3.59. The minimum absolute atomic E-state index is 0.0965. The minimum Gasteiger partial charge on any atom is -0.396 e. The maximum absolute atomic E-state index is 13.2. The van der Waals surface area contributed by atoms with Gasteiger partial charge in [-0.2, -0.15) is 0 Å². The Kier molecular flexibility index (Phi) is 5.43. The number of carbonyl (C=O) groups excluding carboxylic acids is 1. The van der Waals surface area contributed by atoms with Gasteiger partial charge in [0.05, 0.1) is 24.5 Å². The van der Waals surface area contributed by atoms with Crippen molar-refractivity contribution in [2.45, 2.75) is 12.8 Å². The average Bonchev–Trinajstić information content (AvgIpc) is 3.10. The zero-order valence-corrected chi connectivity index (χ0v) is 15.3. The molecule has 0 radical (unpaired) electrons. The zero-order chi connectivity index (χ0) is 17.9. The van der Waals surface area contributed by atoms with E-state index < -0.39 is 0 Å². The summed E-state index contributed by atoms with van der Waals surface area (Å²) in [4.78, 5) is 17.5. The molecule has 2 saturated heterocycles. The van der Waals surface area contributed by atoms with E-state index in [0.29, 0.717) is 12.5 Å². The highest BCUT2D eigenvalue weighted by molar-refractivity contribution is 6.00. The number of morpholine rings is 1. The van der Waals surface area contributed by atoms with E-state index in [4.69, 9.17) is 4.74 Å². The van der Waals surface area contributed by atoms with Crippen LogP contribution in [0.15, 0.2) is 18.2 Å². The van der Waals surface area contributed by atoms with Crippen molar-refractivity contribution in [1.82, 2.24) is 9.80 Å². The number of hydrogen-bond acceptors (Lipinski definition) is 5. The molecule has 2 atom stereocenters. The summed E-state index contributed by atoms with van der Waals surface area (Å²) < 4.78 is 5.42. The number of hydrogen-bond donors (Lipinski definition) is 2. The van der Waals surface area contributed by atoms with Crippen molar-refractivity contribution >= 4 is 11.6 Å². The molecule has 1 aromatic rings. The smallest absolute Gasteiger partial charge is 0.255 e. The van der Waals surface area contributed by atoms with E-state index in [0.717, 1.165) is 70.0 Å². The molecule has 0 bridgehead atoms. The molecule has 2 fully saturated rings. The number of aliphatic hydroxyl groups is 1. The second-order valence-electron chi connectivity index (χ2n) is 7.70. The number of ether oxygens (including phenoxy) is 1. The van der Waals surface area contributed by atoms with Gasteiger partial charge in [0.2, 0.25) is 0 Å². The fourth-order valence-corrected chi connectivity index (χ4v) is 4.49. The van der Waals surface area contributed by atoms with Crippen LogP contribution in [0.5, 0.6) is 0 Å². The number of likely N-dealkylation sites (tertiary alicyclic amines) is 1. The molecule has 1 amide bonds. The first kappa shape index (κ1) is 17.8. The van der Waals surface area contributed by atoms with Gasteiger partial charge in [-0.15, -0.1) is 0 Å². The van der Waals surface area contributed by atoms with Crippen molar-refractivity contribution in [3.8, 4) is 0 Å². The van der Waals surface area contributed by atoms with E-state index in [1.54, 1.807) is 0 Å². The predicted molar refractivity (Wildman–Crippen MR) is 100 cm³/mol. The molecule has 26 heavy (non-hydrogen) atoms. The van der Waals surface area contributed by atoms with Crippen LogP contribution in [0.2, 0.25) is 0 Å². The maximum Gasteiger partial charge on any atom is 0.255 e. The van der Waals surface area contributed by atoms with Gasteiger partial charge >= 0.3 is 0 Å². The van der Waals surface area contributed by atoms with Crippen molar-refractivity contribution in [1.29, 1.82) is 0 Å². The lowest BCUT2D eigenvalue weighted by Gasteiger charge is -2.30. The van der Waals surface area contributed by atoms with Crippen molar-refractivity contribution in [2.75, 3.05) is 64.4 Å². The summed E-state index contributed by atoms with van der Waals surface area (Å²) >= 11 is 0. The standard InChI is InChI=1S/C20H29N3O3/c24-14-17-13-23(12-16(17)11-22-7-9-26-10-8-22)20(25)18-5-1-3-15-4-2-6-21-19(15)18/h1,3,5,16-17,21,24H,2,4,6-14H2. The molecule has 1 aromatic carbocycles. The highest BCUT2D eigenvalue weighted by Gasteiger charge is 2.37. The number of nitrogens with zero attached hydrogens (tertiary/aromatic N) is 2. The third-order valence-corrected chi connectivity index (χ3v) is 6.00. The van der Waals surface area contributed by atoms with Gasteiger partial charge in [0.15, 0.2) is 0 Å². The molecule has 0 spiro atoms. The molecule has 0 saturated carbocycles. The number of benzene rings is 1. The molecule has 0 aliphatic carbocycles. The molecule has 4 rings (SSSR count). The van der Waals surface area contributed by atoms with E-state index in [2.05, 4.69) is 16.3 Å². The maximum atomic E-state index is 13.2. The van der Waals surface area contributed by atoms with Crippen LogP contribution in [0.3, 0.4) is 0 Å². The summed E-state index contributed by atoms with van der Waals surface area (Å²) in [7, 11) is 0. The molecule has 142 valence electrons. The lowest BCUT2D eigenvalue weighted by atomic mass is 9.96. The fraction of sp³-hybridized carbons (Fsp3) is 0.650. The van der Waals surface area contributed by atoms with Crippen LogP contribution in [-0.4, -0.2) is 79.9 Å². The van der Waals surface area contributed by atoms with E-state index in [9.17, 15) is 9.90 Å². The van der Waals surface area contributed by atoms with E-state index in [1.807, 2.05) is 17.0 Å². The Morgan fingerprint density at radius 2 is 2.04 bits per heavy atom. The van der Waals surface area contributed by atoms with Gasteiger partial charge in [0.25, 0.3) is 5.91 Å². The quantitative estimate of drug-likeness (QED) is 0.842. The average molecular weight is 359 g/mol. The topological polar surface area (TPSA) is 65.0 Å². The molecule has 3 aliphatic rings. The van der Waals surface area contributed by atoms with Gasteiger partial charge in [-0.05, 0) is 30.4 Å². The van der Waals surface area contributed by atoms with Crippen LogP contribution in [-0.2, 0) is 11.2 Å². The summed E-state index contributed by atoms with van der Waals surface area (Å²) in [6.45, 7) is 6.82. The zero-order valence-electron chi connectivity index (χ0n) is 15.3. The Labute approximate surface area is 155 Å². The Hall–Kier alpha value is -1.63. The largest absolute Gasteiger partial charge is 0.396 e. The molecular formula is C20H29N3O3. The molecule has 2 unspecified atom stereocenters. The van der Waals surface area contributed by atoms with Crippen LogP contribution in [0.1, 0.15) is 22.3 Å². The first-order chi connectivity index (χ1) is 12.8. The van der Waals surface area contributed by atoms with Gasteiger partial charge in [-0.1, -0.05) is 12.1 Å². The molecule has 3 aliphatic heterocycles. The van der Waals surface area contributed by atoms with Gasteiger partial charge in [0, 0.05) is 51.8 Å². The molecule has 6 nitrogen and oxygen atoms in total.